The van der Waals surface area contributed by atoms with E-state index < -0.39 is 0 Å². The predicted octanol–water partition coefficient (Wildman–Crippen LogP) is 5.30. The van der Waals surface area contributed by atoms with E-state index in [-0.39, 0.29) is 11.5 Å². The van der Waals surface area contributed by atoms with Crippen LogP contribution in [0.2, 0.25) is 0 Å². The second kappa shape index (κ2) is 6.54. The Hall–Kier alpha value is -3.14. The van der Waals surface area contributed by atoms with E-state index in [2.05, 4.69) is 0 Å². The minimum Gasteiger partial charge on any atom is -0.508 e. The van der Waals surface area contributed by atoms with E-state index >= 15 is 0 Å². The van der Waals surface area contributed by atoms with Crippen LogP contribution in [-0.4, -0.2) is 10.2 Å². The fourth-order valence-corrected chi connectivity index (χ4v) is 2.15. The summed E-state index contributed by atoms with van der Waals surface area (Å²) in [6.45, 7) is 3.65. The first-order chi connectivity index (χ1) is 11.5. The summed E-state index contributed by atoms with van der Waals surface area (Å²) in [6, 6.07) is 17.5. The Morgan fingerprint density at radius 2 is 0.875 bits per heavy atom. The Kier molecular flexibility index (Phi) is 4.29. The quantitative estimate of drug-likeness (QED) is 0.684. The van der Waals surface area contributed by atoms with Gasteiger partial charge in [0.25, 0.3) is 0 Å². The van der Waals surface area contributed by atoms with E-state index in [1.807, 2.05) is 13.8 Å². The molecule has 0 aromatic heterocycles. The summed E-state index contributed by atoms with van der Waals surface area (Å²) in [5, 5.41) is 19.4. The van der Waals surface area contributed by atoms with Crippen LogP contribution in [0.1, 0.15) is 11.1 Å². The number of hydrogen-bond acceptors (Lipinski definition) is 4. The van der Waals surface area contributed by atoms with Crippen molar-refractivity contribution in [3.8, 4) is 34.5 Å². The third-order valence-electron chi connectivity index (χ3n) is 3.66. The SMILES string of the molecule is Cc1ccc(Oc2ccc(Oc3ccc(C)c(O)c3)cc2)cc1O. The van der Waals surface area contributed by atoms with Crippen molar-refractivity contribution in [1.29, 1.82) is 0 Å². The molecule has 0 aliphatic rings. The highest BCUT2D eigenvalue weighted by Crippen LogP contribution is 2.30. The van der Waals surface area contributed by atoms with Crippen LogP contribution in [0.5, 0.6) is 34.5 Å². The van der Waals surface area contributed by atoms with Gasteiger partial charge in [-0.3, -0.25) is 0 Å². The summed E-state index contributed by atoms with van der Waals surface area (Å²) < 4.78 is 11.4. The van der Waals surface area contributed by atoms with Crippen LogP contribution in [0.3, 0.4) is 0 Å². The number of aromatic hydroxyl groups is 2. The largest absolute Gasteiger partial charge is 0.508 e. The van der Waals surface area contributed by atoms with E-state index in [9.17, 15) is 10.2 Å². The second-order valence-electron chi connectivity index (χ2n) is 5.57. The smallest absolute Gasteiger partial charge is 0.131 e. The number of rotatable bonds is 4. The maximum atomic E-state index is 9.71. The van der Waals surface area contributed by atoms with Gasteiger partial charge in [-0.1, -0.05) is 12.1 Å². The molecule has 0 unspecified atom stereocenters. The Balaban J connectivity index is 1.70. The molecule has 0 saturated heterocycles. The number of aryl methyl sites for hydroxylation is 2. The molecule has 0 spiro atoms. The fraction of sp³-hybridized carbons (Fsp3) is 0.100. The van der Waals surface area contributed by atoms with Crippen LogP contribution < -0.4 is 9.47 Å². The van der Waals surface area contributed by atoms with E-state index in [0.717, 1.165) is 11.1 Å². The van der Waals surface area contributed by atoms with Gasteiger partial charge in [0.1, 0.15) is 34.5 Å². The zero-order valence-electron chi connectivity index (χ0n) is 13.5. The molecular weight excluding hydrogens is 304 g/mol. The van der Waals surface area contributed by atoms with Crippen molar-refractivity contribution in [2.45, 2.75) is 13.8 Å². The van der Waals surface area contributed by atoms with Crippen LogP contribution in [0.4, 0.5) is 0 Å². The monoisotopic (exact) mass is 322 g/mol. The topological polar surface area (TPSA) is 58.9 Å². The summed E-state index contributed by atoms with van der Waals surface area (Å²) in [6.07, 6.45) is 0. The van der Waals surface area contributed by atoms with Crippen molar-refractivity contribution < 1.29 is 19.7 Å². The van der Waals surface area contributed by atoms with Gasteiger partial charge in [-0.25, -0.2) is 0 Å². The van der Waals surface area contributed by atoms with Gasteiger partial charge in [0.05, 0.1) is 0 Å². The molecule has 122 valence electrons. The molecule has 0 amide bonds. The highest BCUT2D eigenvalue weighted by molar-refractivity contribution is 5.44. The lowest BCUT2D eigenvalue weighted by molar-refractivity contribution is 0.446. The first-order valence-corrected chi connectivity index (χ1v) is 7.56. The van der Waals surface area contributed by atoms with Crippen LogP contribution >= 0.6 is 0 Å². The molecule has 4 nitrogen and oxygen atoms in total. The van der Waals surface area contributed by atoms with E-state index in [1.54, 1.807) is 60.7 Å². The first kappa shape index (κ1) is 15.7. The summed E-state index contributed by atoms with van der Waals surface area (Å²) in [5.74, 6) is 2.80. The Bertz CT molecular complexity index is 782. The maximum absolute atomic E-state index is 9.71. The molecule has 4 heteroatoms. The highest BCUT2D eigenvalue weighted by atomic mass is 16.5. The van der Waals surface area contributed by atoms with Gasteiger partial charge in [-0.05, 0) is 61.4 Å². The summed E-state index contributed by atoms with van der Waals surface area (Å²) in [7, 11) is 0. The minimum absolute atomic E-state index is 0.201. The number of phenols is 2. The number of hydrogen-bond donors (Lipinski definition) is 2. The fourth-order valence-electron chi connectivity index (χ4n) is 2.15. The number of ether oxygens (including phenoxy) is 2. The van der Waals surface area contributed by atoms with Crippen LogP contribution in [-0.2, 0) is 0 Å². The van der Waals surface area contributed by atoms with Gasteiger partial charge >= 0.3 is 0 Å². The summed E-state index contributed by atoms with van der Waals surface area (Å²) in [4.78, 5) is 0. The third-order valence-corrected chi connectivity index (χ3v) is 3.66. The molecular formula is C20H18O4. The van der Waals surface area contributed by atoms with Gasteiger partial charge in [0, 0.05) is 12.1 Å². The summed E-state index contributed by atoms with van der Waals surface area (Å²) in [5.41, 5.74) is 1.60. The first-order valence-electron chi connectivity index (χ1n) is 7.56. The lowest BCUT2D eigenvalue weighted by Crippen LogP contribution is -1.87. The van der Waals surface area contributed by atoms with Gasteiger partial charge in [0.2, 0.25) is 0 Å². The Morgan fingerprint density at radius 1 is 0.542 bits per heavy atom. The lowest BCUT2D eigenvalue weighted by Gasteiger charge is -2.10. The molecule has 2 N–H and O–H groups in total. The molecule has 3 aromatic carbocycles. The number of benzene rings is 3. The van der Waals surface area contributed by atoms with Crippen molar-refractivity contribution in [3.05, 3.63) is 71.8 Å². The molecule has 0 radical (unpaired) electrons. The number of phenolic OH excluding ortho intramolecular Hbond substituents is 2. The van der Waals surface area contributed by atoms with E-state index in [0.29, 0.717) is 23.0 Å². The maximum Gasteiger partial charge on any atom is 0.131 e. The van der Waals surface area contributed by atoms with Crippen molar-refractivity contribution in [2.75, 3.05) is 0 Å². The Labute approximate surface area is 140 Å². The molecule has 0 aliphatic heterocycles. The van der Waals surface area contributed by atoms with Crippen LogP contribution in [0.15, 0.2) is 60.7 Å². The molecule has 0 bridgehead atoms. The second-order valence-corrected chi connectivity index (χ2v) is 5.57. The average molecular weight is 322 g/mol. The van der Waals surface area contributed by atoms with Crippen molar-refractivity contribution >= 4 is 0 Å². The summed E-state index contributed by atoms with van der Waals surface area (Å²) >= 11 is 0. The zero-order chi connectivity index (χ0) is 17.1. The molecule has 0 saturated carbocycles. The molecule has 3 rings (SSSR count). The van der Waals surface area contributed by atoms with Crippen molar-refractivity contribution in [1.82, 2.24) is 0 Å². The highest BCUT2D eigenvalue weighted by Gasteiger charge is 2.04. The molecule has 0 fully saturated rings. The third kappa shape index (κ3) is 3.60. The van der Waals surface area contributed by atoms with E-state index in [1.165, 1.54) is 0 Å². The van der Waals surface area contributed by atoms with Gasteiger partial charge in [-0.15, -0.1) is 0 Å². The minimum atomic E-state index is 0.201. The van der Waals surface area contributed by atoms with Crippen LogP contribution in [0, 0.1) is 13.8 Å². The standard InChI is InChI=1S/C20H18O4/c1-13-3-5-17(11-19(13)21)23-15-7-9-16(10-8-15)24-18-6-4-14(2)20(22)12-18/h3-12,21-22H,1-2H3. The normalized spacial score (nSPS) is 10.4. The lowest BCUT2D eigenvalue weighted by atomic mass is 10.2. The molecule has 0 heterocycles. The van der Waals surface area contributed by atoms with E-state index in [4.69, 9.17) is 9.47 Å². The van der Waals surface area contributed by atoms with Crippen molar-refractivity contribution in [3.63, 3.8) is 0 Å². The van der Waals surface area contributed by atoms with Gasteiger partial charge in [-0.2, -0.15) is 0 Å². The molecule has 3 aromatic rings. The molecule has 24 heavy (non-hydrogen) atoms. The van der Waals surface area contributed by atoms with Crippen molar-refractivity contribution in [2.24, 2.45) is 0 Å². The predicted molar refractivity (Wildman–Crippen MR) is 92.3 cm³/mol. The zero-order valence-corrected chi connectivity index (χ0v) is 13.5. The van der Waals surface area contributed by atoms with Gasteiger partial charge < -0.3 is 19.7 Å². The molecule has 0 aliphatic carbocycles. The Morgan fingerprint density at radius 3 is 1.21 bits per heavy atom. The van der Waals surface area contributed by atoms with Gasteiger partial charge in [0.15, 0.2) is 0 Å². The molecule has 0 atom stereocenters. The average Bonchev–Trinajstić information content (AvgIpc) is 2.56. The van der Waals surface area contributed by atoms with Crippen LogP contribution in [0.25, 0.3) is 0 Å².